The van der Waals surface area contributed by atoms with Crippen molar-refractivity contribution in [2.75, 3.05) is 26.2 Å². The highest BCUT2D eigenvalue weighted by molar-refractivity contribution is 7.92. The molecule has 1 aromatic heterocycles. The van der Waals surface area contributed by atoms with Crippen LogP contribution in [0, 0.1) is 0 Å². The summed E-state index contributed by atoms with van der Waals surface area (Å²) in [6.07, 6.45) is 3.81. The first-order valence-electron chi connectivity index (χ1n) is 11.2. The van der Waals surface area contributed by atoms with Crippen molar-refractivity contribution in [1.82, 2.24) is 19.0 Å². The third-order valence-electron chi connectivity index (χ3n) is 6.06. The van der Waals surface area contributed by atoms with Gasteiger partial charge in [0.2, 0.25) is 10.0 Å². The first kappa shape index (κ1) is 21.6. The van der Waals surface area contributed by atoms with Crippen molar-refractivity contribution in [3.05, 3.63) is 89.1 Å². The molecular formula is C25H26N4O3S. The fourth-order valence-electron chi connectivity index (χ4n) is 4.02. The van der Waals surface area contributed by atoms with E-state index >= 15 is 0 Å². The summed E-state index contributed by atoms with van der Waals surface area (Å²) in [5.74, 6) is 0.315. The minimum absolute atomic E-state index is 0.116. The zero-order valence-electron chi connectivity index (χ0n) is 18.2. The van der Waals surface area contributed by atoms with E-state index in [0.29, 0.717) is 24.7 Å². The van der Waals surface area contributed by atoms with Gasteiger partial charge >= 0.3 is 0 Å². The monoisotopic (exact) mass is 462 g/mol. The Balaban J connectivity index is 1.30. The summed E-state index contributed by atoms with van der Waals surface area (Å²) < 4.78 is 28.7. The number of sulfonamides is 1. The lowest BCUT2D eigenvalue weighted by Gasteiger charge is -2.33. The molecule has 0 N–H and O–H groups in total. The molecule has 1 aliphatic carbocycles. The second kappa shape index (κ2) is 8.96. The smallest absolute Gasteiger partial charge is 0.272 e. The predicted molar refractivity (Wildman–Crippen MR) is 127 cm³/mol. The number of carbonyl (C=O) groups excluding carboxylic acids is 1. The number of carbonyl (C=O) groups is 1. The lowest BCUT2D eigenvalue weighted by molar-refractivity contribution is 0.0689. The van der Waals surface area contributed by atoms with E-state index in [4.69, 9.17) is 5.10 Å². The Morgan fingerprint density at radius 1 is 0.909 bits per heavy atom. The Kier molecular flexibility index (Phi) is 5.86. The first-order chi connectivity index (χ1) is 16.0. The lowest BCUT2D eigenvalue weighted by atomic mass is 10.2. The molecule has 2 heterocycles. The Hall–Kier alpha value is -3.23. The molecule has 33 heavy (non-hydrogen) atoms. The van der Waals surface area contributed by atoms with E-state index in [-0.39, 0.29) is 19.0 Å². The van der Waals surface area contributed by atoms with Gasteiger partial charge in [-0.05, 0) is 42.7 Å². The van der Waals surface area contributed by atoms with Crippen molar-refractivity contribution in [2.45, 2.75) is 18.8 Å². The minimum atomic E-state index is -3.55. The van der Waals surface area contributed by atoms with Gasteiger partial charge in [-0.25, -0.2) is 13.1 Å². The van der Waals surface area contributed by atoms with Gasteiger partial charge in [-0.2, -0.15) is 9.40 Å². The molecule has 0 radical (unpaired) electrons. The van der Waals surface area contributed by atoms with E-state index in [1.807, 2.05) is 66.7 Å². The molecule has 0 spiro atoms. The third-order valence-corrected chi connectivity index (χ3v) is 7.63. The Labute approximate surface area is 194 Å². The van der Waals surface area contributed by atoms with Crippen molar-refractivity contribution in [3.63, 3.8) is 0 Å². The van der Waals surface area contributed by atoms with Crippen LogP contribution in [-0.2, 0) is 10.0 Å². The molecule has 5 rings (SSSR count). The SMILES string of the molecule is O=C(c1cc(C2CC2)nn1-c1ccccc1)N1CCN(S(=O)(=O)C=Cc2ccccc2)CC1. The molecule has 0 bridgehead atoms. The summed E-state index contributed by atoms with van der Waals surface area (Å²) in [6, 6.07) is 20.9. The maximum atomic E-state index is 13.4. The Morgan fingerprint density at radius 2 is 1.55 bits per heavy atom. The largest absolute Gasteiger partial charge is 0.335 e. The predicted octanol–water partition coefficient (Wildman–Crippen LogP) is 3.51. The summed E-state index contributed by atoms with van der Waals surface area (Å²) >= 11 is 0. The number of nitrogens with zero attached hydrogens (tertiary/aromatic N) is 4. The van der Waals surface area contributed by atoms with Crippen molar-refractivity contribution in [1.29, 1.82) is 0 Å². The Bertz CT molecular complexity index is 1260. The molecular weight excluding hydrogens is 436 g/mol. The van der Waals surface area contributed by atoms with Crippen molar-refractivity contribution >= 4 is 22.0 Å². The topological polar surface area (TPSA) is 75.5 Å². The van der Waals surface area contributed by atoms with Crippen molar-refractivity contribution < 1.29 is 13.2 Å². The highest BCUT2D eigenvalue weighted by atomic mass is 32.2. The van der Waals surface area contributed by atoms with Gasteiger partial charge in [0, 0.05) is 37.5 Å². The number of aromatic nitrogens is 2. The van der Waals surface area contributed by atoms with Crippen molar-refractivity contribution in [2.24, 2.45) is 0 Å². The fraction of sp³-hybridized carbons (Fsp3) is 0.280. The van der Waals surface area contributed by atoms with Crippen LogP contribution in [0.4, 0.5) is 0 Å². The second-order valence-corrected chi connectivity index (χ2v) is 10.2. The van der Waals surface area contributed by atoms with Gasteiger partial charge in [0.1, 0.15) is 5.69 Å². The van der Waals surface area contributed by atoms with Crippen LogP contribution in [0.25, 0.3) is 11.8 Å². The number of para-hydroxylation sites is 1. The normalized spacial score (nSPS) is 17.5. The summed E-state index contributed by atoms with van der Waals surface area (Å²) in [5, 5.41) is 5.96. The standard InChI is InChI=1S/C25H26N4O3S/c30-25(24-19-23(21-11-12-21)26-29(24)22-9-5-2-6-10-22)27-14-16-28(17-15-27)33(31,32)18-13-20-7-3-1-4-8-20/h1-10,13,18-19,21H,11-12,14-17H2. The maximum absolute atomic E-state index is 13.4. The van der Waals surface area contributed by atoms with Crippen LogP contribution in [0.15, 0.2) is 72.1 Å². The van der Waals surface area contributed by atoms with Gasteiger partial charge in [-0.15, -0.1) is 0 Å². The molecule has 2 aromatic carbocycles. The number of hydrogen-bond donors (Lipinski definition) is 0. The molecule has 2 aliphatic rings. The second-order valence-electron chi connectivity index (χ2n) is 8.43. The van der Waals surface area contributed by atoms with Gasteiger partial charge < -0.3 is 4.90 Å². The molecule has 0 atom stereocenters. The van der Waals surface area contributed by atoms with E-state index in [2.05, 4.69) is 0 Å². The molecule has 1 saturated heterocycles. The average Bonchev–Trinajstić information content (AvgIpc) is 3.62. The van der Waals surface area contributed by atoms with Crippen LogP contribution in [0.3, 0.4) is 0 Å². The van der Waals surface area contributed by atoms with Crippen LogP contribution >= 0.6 is 0 Å². The van der Waals surface area contributed by atoms with Crippen LogP contribution in [0.1, 0.15) is 40.5 Å². The zero-order chi connectivity index (χ0) is 22.8. The number of benzene rings is 2. The number of hydrogen-bond acceptors (Lipinski definition) is 4. The van der Waals surface area contributed by atoms with Gasteiger partial charge in [0.15, 0.2) is 0 Å². The highest BCUT2D eigenvalue weighted by Crippen LogP contribution is 2.40. The van der Waals surface area contributed by atoms with Gasteiger partial charge in [-0.1, -0.05) is 48.5 Å². The van der Waals surface area contributed by atoms with Gasteiger partial charge in [0.05, 0.1) is 11.4 Å². The number of rotatable bonds is 6. The van der Waals surface area contributed by atoms with E-state index in [1.165, 1.54) is 9.71 Å². The van der Waals surface area contributed by atoms with Gasteiger partial charge in [-0.3, -0.25) is 4.79 Å². The molecule has 1 amide bonds. The van der Waals surface area contributed by atoms with Gasteiger partial charge in [0.25, 0.3) is 5.91 Å². The molecule has 1 aliphatic heterocycles. The average molecular weight is 463 g/mol. The first-order valence-corrected chi connectivity index (χ1v) is 12.7. The number of amides is 1. The highest BCUT2D eigenvalue weighted by Gasteiger charge is 2.32. The zero-order valence-corrected chi connectivity index (χ0v) is 19.1. The molecule has 7 nitrogen and oxygen atoms in total. The molecule has 0 unspecified atom stereocenters. The summed E-state index contributed by atoms with van der Waals surface area (Å²) in [4.78, 5) is 15.1. The molecule has 170 valence electrons. The fourth-order valence-corrected chi connectivity index (χ4v) is 5.19. The maximum Gasteiger partial charge on any atom is 0.272 e. The van der Waals surface area contributed by atoms with E-state index in [9.17, 15) is 13.2 Å². The number of piperazine rings is 1. The molecule has 3 aromatic rings. The van der Waals surface area contributed by atoms with Crippen molar-refractivity contribution in [3.8, 4) is 5.69 Å². The van der Waals surface area contributed by atoms with Crippen LogP contribution in [-0.4, -0.2) is 59.5 Å². The van der Waals surface area contributed by atoms with E-state index < -0.39 is 10.0 Å². The summed E-state index contributed by atoms with van der Waals surface area (Å²) in [7, 11) is -3.55. The lowest BCUT2D eigenvalue weighted by Crippen LogP contribution is -2.50. The molecule has 1 saturated carbocycles. The Morgan fingerprint density at radius 3 is 2.18 bits per heavy atom. The minimum Gasteiger partial charge on any atom is -0.335 e. The van der Waals surface area contributed by atoms with Crippen LogP contribution in [0.2, 0.25) is 0 Å². The van der Waals surface area contributed by atoms with E-state index in [0.717, 1.165) is 29.8 Å². The quantitative estimate of drug-likeness (QED) is 0.562. The van der Waals surface area contributed by atoms with Crippen LogP contribution in [0.5, 0.6) is 0 Å². The van der Waals surface area contributed by atoms with E-state index in [1.54, 1.807) is 15.7 Å². The summed E-state index contributed by atoms with van der Waals surface area (Å²) in [6.45, 7) is 1.22. The summed E-state index contributed by atoms with van der Waals surface area (Å²) in [5.41, 5.74) is 3.16. The molecule has 8 heteroatoms. The third kappa shape index (κ3) is 4.77. The molecule has 2 fully saturated rings. The van der Waals surface area contributed by atoms with Crippen LogP contribution < -0.4 is 0 Å².